The predicted molar refractivity (Wildman–Crippen MR) is 80.2 cm³/mol. The number of hydrogen-bond donors (Lipinski definition) is 1. The van der Waals surface area contributed by atoms with E-state index in [1.807, 2.05) is 17.5 Å². The van der Waals surface area contributed by atoms with Crippen LogP contribution in [0.1, 0.15) is 5.69 Å². The number of hydrogen-bond acceptors (Lipinski definition) is 5. The standard InChI is InChI=1S/C14H11FN2O3S2/c15-11-4-1-2-6-13(11)22(18,19)16-8-10-9-20-14(17-10)12-5-3-7-21-12/h1-7,9,16H,8H2. The number of aromatic nitrogens is 1. The smallest absolute Gasteiger partial charge is 0.243 e. The fourth-order valence-electron chi connectivity index (χ4n) is 1.81. The monoisotopic (exact) mass is 338 g/mol. The van der Waals surface area contributed by atoms with Gasteiger partial charge in [0.1, 0.15) is 17.0 Å². The van der Waals surface area contributed by atoms with E-state index in [1.165, 1.54) is 35.8 Å². The summed E-state index contributed by atoms with van der Waals surface area (Å²) in [5.74, 6) is -0.371. The van der Waals surface area contributed by atoms with Crippen molar-refractivity contribution >= 4 is 21.4 Å². The van der Waals surface area contributed by atoms with Gasteiger partial charge in [-0.3, -0.25) is 0 Å². The fraction of sp³-hybridized carbons (Fsp3) is 0.0714. The van der Waals surface area contributed by atoms with Crippen LogP contribution in [0.2, 0.25) is 0 Å². The summed E-state index contributed by atoms with van der Waals surface area (Å²) in [5, 5.41) is 1.89. The van der Waals surface area contributed by atoms with Crippen LogP contribution in [0, 0.1) is 5.82 Å². The zero-order chi connectivity index (χ0) is 15.6. The summed E-state index contributed by atoms with van der Waals surface area (Å²) in [7, 11) is -3.94. The van der Waals surface area contributed by atoms with Crippen molar-refractivity contribution in [1.29, 1.82) is 0 Å². The third kappa shape index (κ3) is 3.08. The molecule has 2 heterocycles. The third-order valence-corrected chi connectivity index (χ3v) is 5.15. The predicted octanol–water partition coefficient (Wildman–Crippen LogP) is 3.02. The average Bonchev–Trinajstić information content (AvgIpc) is 3.17. The number of oxazole rings is 1. The molecule has 114 valence electrons. The van der Waals surface area contributed by atoms with Crippen molar-refractivity contribution in [1.82, 2.24) is 9.71 Å². The zero-order valence-electron chi connectivity index (χ0n) is 11.2. The van der Waals surface area contributed by atoms with Crippen molar-refractivity contribution in [2.75, 3.05) is 0 Å². The van der Waals surface area contributed by atoms with Gasteiger partial charge >= 0.3 is 0 Å². The number of rotatable bonds is 5. The van der Waals surface area contributed by atoms with E-state index in [0.29, 0.717) is 11.6 Å². The maximum Gasteiger partial charge on any atom is 0.243 e. The minimum absolute atomic E-state index is 0.0778. The largest absolute Gasteiger partial charge is 0.444 e. The van der Waals surface area contributed by atoms with Crippen LogP contribution >= 0.6 is 11.3 Å². The SMILES string of the molecule is O=S(=O)(NCc1coc(-c2cccs2)n1)c1ccccc1F. The molecule has 0 fully saturated rings. The number of nitrogens with zero attached hydrogens (tertiary/aromatic N) is 1. The van der Waals surface area contributed by atoms with Gasteiger partial charge in [-0.1, -0.05) is 18.2 Å². The second-order valence-electron chi connectivity index (χ2n) is 4.38. The van der Waals surface area contributed by atoms with Crippen LogP contribution in [0.25, 0.3) is 10.8 Å². The van der Waals surface area contributed by atoms with Crippen LogP contribution < -0.4 is 4.72 Å². The summed E-state index contributed by atoms with van der Waals surface area (Å²) in [6, 6.07) is 8.91. The molecule has 0 bridgehead atoms. The molecule has 1 N–H and O–H groups in total. The number of nitrogens with one attached hydrogen (secondary N) is 1. The molecule has 0 aliphatic carbocycles. The van der Waals surface area contributed by atoms with Gasteiger partial charge < -0.3 is 4.42 Å². The highest BCUT2D eigenvalue weighted by atomic mass is 32.2. The second kappa shape index (κ2) is 5.99. The lowest BCUT2D eigenvalue weighted by molar-refractivity contribution is 0.555. The quantitative estimate of drug-likeness (QED) is 0.776. The number of thiophene rings is 1. The number of sulfonamides is 1. The number of benzene rings is 1. The van der Waals surface area contributed by atoms with Crippen molar-refractivity contribution < 1.29 is 17.2 Å². The maximum atomic E-state index is 13.5. The summed E-state index contributed by atoms with van der Waals surface area (Å²) in [5.41, 5.74) is 0.420. The van der Waals surface area contributed by atoms with Gasteiger partial charge in [0, 0.05) is 0 Å². The summed E-state index contributed by atoms with van der Waals surface area (Å²) in [6.45, 7) is -0.0778. The Morgan fingerprint density at radius 2 is 2.05 bits per heavy atom. The van der Waals surface area contributed by atoms with Gasteiger partial charge in [0.2, 0.25) is 15.9 Å². The van der Waals surface area contributed by atoms with E-state index in [2.05, 4.69) is 9.71 Å². The van der Waals surface area contributed by atoms with Crippen LogP contribution in [0.15, 0.2) is 57.4 Å². The Bertz CT molecular complexity index is 873. The Labute approximate surface area is 130 Å². The van der Waals surface area contributed by atoms with Gasteiger partial charge in [-0.2, -0.15) is 0 Å². The second-order valence-corrected chi connectivity index (χ2v) is 7.06. The van der Waals surface area contributed by atoms with E-state index in [9.17, 15) is 12.8 Å². The molecule has 0 saturated heterocycles. The fourth-order valence-corrected chi connectivity index (χ4v) is 3.54. The van der Waals surface area contributed by atoms with E-state index in [-0.39, 0.29) is 6.54 Å². The molecule has 2 aromatic heterocycles. The van der Waals surface area contributed by atoms with Gasteiger partial charge in [0.05, 0.1) is 17.1 Å². The Hall–Kier alpha value is -2.03. The first kappa shape index (κ1) is 14.9. The normalized spacial score (nSPS) is 11.7. The lowest BCUT2D eigenvalue weighted by atomic mass is 10.4. The van der Waals surface area contributed by atoms with Crippen molar-refractivity contribution in [2.24, 2.45) is 0 Å². The Kier molecular flexibility index (Phi) is 4.06. The summed E-state index contributed by atoms with van der Waals surface area (Å²) in [6.07, 6.45) is 1.37. The Morgan fingerprint density at radius 3 is 2.77 bits per heavy atom. The molecule has 0 radical (unpaired) electrons. The molecule has 0 aliphatic heterocycles. The molecule has 0 amide bonds. The van der Waals surface area contributed by atoms with Crippen molar-refractivity contribution in [3.8, 4) is 10.8 Å². The molecule has 1 aromatic carbocycles. The van der Waals surface area contributed by atoms with E-state index >= 15 is 0 Å². The minimum Gasteiger partial charge on any atom is -0.444 e. The van der Waals surface area contributed by atoms with E-state index < -0.39 is 20.7 Å². The van der Waals surface area contributed by atoms with Gasteiger partial charge in [-0.15, -0.1) is 11.3 Å². The third-order valence-electron chi connectivity index (χ3n) is 2.85. The van der Waals surface area contributed by atoms with Crippen LogP contribution in [-0.4, -0.2) is 13.4 Å². The molecule has 5 nitrogen and oxygen atoms in total. The summed E-state index contributed by atoms with van der Waals surface area (Å²) in [4.78, 5) is 4.65. The highest BCUT2D eigenvalue weighted by molar-refractivity contribution is 7.89. The van der Waals surface area contributed by atoms with Crippen LogP contribution in [0.4, 0.5) is 4.39 Å². The Balaban J connectivity index is 1.74. The lowest BCUT2D eigenvalue weighted by Crippen LogP contribution is -2.24. The van der Waals surface area contributed by atoms with Gasteiger partial charge in [0.15, 0.2) is 0 Å². The minimum atomic E-state index is -3.94. The summed E-state index contributed by atoms with van der Waals surface area (Å²) < 4.78 is 45.3. The van der Waals surface area contributed by atoms with Gasteiger partial charge in [-0.25, -0.2) is 22.5 Å². The molecular formula is C14H11FN2O3S2. The molecule has 0 atom stereocenters. The number of halogens is 1. The molecule has 0 spiro atoms. The van der Waals surface area contributed by atoms with Crippen LogP contribution in [0.5, 0.6) is 0 Å². The maximum absolute atomic E-state index is 13.5. The van der Waals surface area contributed by atoms with Crippen molar-refractivity contribution in [3.63, 3.8) is 0 Å². The highest BCUT2D eigenvalue weighted by Crippen LogP contribution is 2.23. The molecule has 3 aromatic rings. The van der Waals surface area contributed by atoms with Crippen LogP contribution in [-0.2, 0) is 16.6 Å². The van der Waals surface area contributed by atoms with Gasteiger partial charge in [0.25, 0.3) is 0 Å². The summed E-state index contributed by atoms with van der Waals surface area (Å²) >= 11 is 1.47. The average molecular weight is 338 g/mol. The highest BCUT2D eigenvalue weighted by Gasteiger charge is 2.19. The topological polar surface area (TPSA) is 72.2 Å². The molecular weight excluding hydrogens is 327 g/mol. The first-order valence-corrected chi connectivity index (χ1v) is 8.65. The van der Waals surface area contributed by atoms with Crippen molar-refractivity contribution in [2.45, 2.75) is 11.4 Å². The molecule has 0 saturated carbocycles. The van der Waals surface area contributed by atoms with Crippen LogP contribution in [0.3, 0.4) is 0 Å². The molecule has 22 heavy (non-hydrogen) atoms. The Morgan fingerprint density at radius 1 is 1.23 bits per heavy atom. The zero-order valence-corrected chi connectivity index (χ0v) is 12.8. The van der Waals surface area contributed by atoms with Gasteiger partial charge in [-0.05, 0) is 23.6 Å². The van der Waals surface area contributed by atoms with E-state index in [1.54, 1.807) is 0 Å². The molecule has 8 heteroatoms. The van der Waals surface area contributed by atoms with Crippen molar-refractivity contribution in [3.05, 3.63) is 59.6 Å². The van der Waals surface area contributed by atoms with E-state index in [0.717, 1.165) is 10.9 Å². The van der Waals surface area contributed by atoms with E-state index in [4.69, 9.17) is 4.42 Å². The molecule has 0 aliphatic rings. The lowest BCUT2D eigenvalue weighted by Gasteiger charge is -2.05. The first-order chi connectivity index (χ1) is 10.6. The molecule has 3 rings (SSSR count). The molecule has 0 unspecified atom stereocenters. The first-order valence-electron chi connectivity index (χ1n) is 6.29.